The van der Waals surface area contributed by atoms with E-state index in [0.717, 1.165) is 12.8 Å². The van der Waals surface area contributed by atoms with Gasteiger partial charge in [0.1, 0.15) is 11.4 Å². The van der Waals surface area contributed by atoms with Crippen molar-refractivity contribution < 1.29 is 15.0 Å². The van der Waals surface area contributed by atoms with Gasteiger partial charge >= 0.3 is 0 Å². The molecule has 2 fully saturated rings. The Kier molecular flexibility index (Phi) is 2.38. The number of phenols is 1. The second kappa shape index (κ2) is 3.72. The molecule has 1 heterocycles. The molecule has 1 saturated heterocycles. The standard InChI is InChI=1S/C14H17NO3/c1-9-11(3-2-4-12(9)16)13(17)15-7-14(18,8-15)10-5-6-10/h2-4,10,16,18H,5-8H2,1H3. The molecule has 0 spiro atoms. The van der Waals surface area contributed by atoms with Crippen LogP contribution < -0.4 is 0 Å². The third kappa shape index (κ3) is 1.68. The summed E-state index contributed by atoms with van der Waals surface area (Å²) in [5, 5.41) is 19.8. The van der Waals surface area contributed by atoms with Crippen LogP contribution in [0.4, 0.5) is 0 Å². The highest BCUT2D eigenvalue weighted by molar-refractivity contribution is 5.96. The fraction of sp³-hybridized carbons (Fsp3) is 0.500. The Bertz CT molecular complexity index is 502. The van der Waals surface area contributed by atoms with E-state index in [1.807, 2.05) is 0 Å². The molecule has 3 rings (SSSR count). The van der Waals surface area contributed by atoms with E-state index in [0.29, 0.717) is 30.1 Å². The zero-order valence-electron chi connectivity index (χ0n) is 10.4. The molecule has 0 unspecified atom stereocenters. The topological polar surface area (TPSA) is 60.8 Å². The first-order valence-corrected chi connectivity index (χ1v) is 6.31. The third-order valence-corrected chi connectivity index (χ3v) is 4.09. The maximum Gasteiger partial charge on any atom is 0.254 e. The van der Waals surface area contributed by atoms with Crippen LogP contribution >= 0.6 is 0 Å². The van der Waals surface area contributed by atoms with E-state index >= 15 is 0 Å². The summed E-state index contributed by atoms with van der Waals surface area (Å²) < 4.78 is 0. The number of β-amino-alcohol motifs (C(OH)–C–C–N with tert-alkyl or cyclic N) is 1. The number of hydrogen-bond acceptors (Lipinski definition) is 3. The minimum atomic E-state index is -0.652. The van der Waals surface area contributed by atoms with E-state index in [4.69, 9.17) is 0 Å². The van der Waals surface area contributed by atoms with Gasteiger partial charge in [0.15, 0.2) is 0 Å². The van der Waals surface area contributed by atoms with Gasteiger partial charge < -0.3 is 15.1 Å². The molecule has 0 aromatic heterocycles. The minimum Gasteiger partial charge on any atom is -0.508 e. The predicted molar refractivity (Wildman–Crippen MR) is 66.4 cm³/mol. The lowest BCUT2D eigenvalue weighted by molar-refractivity contribution is -0.0958. The lowest BCUT2D eigenvalue weighted by atomic mass is 9.88. The van der Waals surface area contributed by atoms with E-state index in [2.05, 4.69) is 0 Å². The van der Waals surface area contributed by atoms with Gasteiger partial charge in [0.25, 0.3) is 5.91 Å². The number of phenolic OH excluding ortho intramolecular Hbond substituents is 1. The van der Waals surface area contributed by atoms with Crippen LogP contribution in [-0.4, -0.2) is 39.7 Å². The van der Waals surface area contributed by atoms with Crippen molar-refractivity contribution in [3.63, 3.8) is 0 Å². The number of likely N-dealkylation sites (tertiary alicyclic amines) is 1. The van der Waals surface area contributed by atoms with E-state index in [1.165, 1.54) is 0 Å². The second-order valence-corrected chi connectivity index (χ2v) is 5.49. The van der Waals surface area contributed by atoms with Crippen LogP contribution in [0, 0.1) is 12.8 Å². The average Bonchev–Trinajstić information content (AvgIpc) is 3.12. The van der Waals surface area contributed by atoms with Crippen molar-refractivity contribution in [2.24, 2.45) is 5.92 Å². The first kappa shape index (κ1) is 11.5. The highest BCUT2D eigenvalue weighted by Gasteiger charge is 2.53. The second-order valence-electron chi connectivity index (χ2n) is 5.49. The number of aromatic hydroxyl groups is 1. The number of benzene rings is 1. The van der Waals surface area contributed by atoms with Gasteiger partial charge in [-0.1, -0.05) is 6.07 Å². The molecule has 4 heteroatoms. The number of aliphatic hydroxyl groups is 1. The lowest BCUT2D eigenvalue weighted by Crippen LogP contribution is -2.64. The highest BCUT2D eigenvalue weighted by atomic mass is 16.3. The minimum absolute atomic E-state index is 0.103. The van der Waals surface area contributed by atoms with E-state index in [-0.39, 0.29) is 11.7 Å². The monoisotopic (exact) mass is 247 g/mol. The zero-order valence-corrected chi connectivity index (χ0v) is 10.4. The fourth-order valence-corrected chi connectivity index (χ4v) is 2.66. The van der Waals surface area contributed by atoms with Crippen LogP contribution in [0.3, 0.4) is 0 Å². The van der Waals surface area contributed by atoms with Crippen LogP contribution in [0.25, 0.3) is 0 Å². The molecule has 1 aliphatic carbocycles. The summed E-state index contributed by atoms with van der Waals surface area (Å²) in [6.45, 7) is 2.58. The maximum absolute atomic E-state index is 12.2. The summed E-state index contributed by atoms with van der Waals surface area (Å²) in [4.78, 5) is 13.9. The number of carbonyl (C=O) groups excluding carboxylic acids is 1. The summed E-state index contributed by atoms with van der Waals surface area (Å²) in [6.07, 6.45) is 2.15. The number of carbonyl (C=O) groups is 1. The molecule has 0 atom stereocenters. The van der Waals surface area contributed by atoms with Crippen molar-refractivity contribution in [3.8, 4) is 5.75 Å². The van der Waals surface area contributed by atoms with Crippen molar-refractivity contribution >= 4 is 5.91 Å². The normalized spacial score (nSPS) is 21.6. The molecular formula is C14H17NO3. The van der Waals surface area contributed by atoms with Crippen molar-refractivity contribution in [2.75, 3.05) is 13.1 Å². The number of nitrogens with zero attached hydrogens (tertiary/aromatic N) is 1. The van der Waals surface area contributed by atoms with Crippen LogP contribution in [0.2, 0.25) is 0 Å². The average molecular weight is 247 g/mol. The van der Waals surface area contributed by atoms with E-state index in [9.17, 15) is 15.0 Å². The predicted octanol–water partition coefficient (Wildman–Crippen LogP) is 1.30. The van der Waals surface area contributed by atoms with E-state index in [1.54, 1.807) is 30.0 Å². The Hall–Kier alpha value is -1.55. The van der Waals surface area contributed by atoms with Crippen molar-refractivity contribution in [3.05, 3.63) is 29.3 Å². The summed E-state index contributed by atoms with van der Waals surface area (Å²) in [7, 11) is 0. The lowest BCUT2D eigenvalue weighted by Gasteiger charge is -2.47. The molecule has 1 aromatic rings. The molecule has 96 valence electrons. The maximum atomic E-state index is 12.2. The summed E-state index contributed by atoms with van der Waals surface area (Å²) in [6, 6.07) is 4.96. The molecule has 4 nitrogen and oxygen atoms in total. The molecule has 1 aliphatic heterocycles. The molecule has 1 aromatic carbocycles. The van der Waals surface area contributed by atoms with Gasteiger partial charge in [0.05, 0.1) is 13.1 Å². The Morgan fingerprint density at radius 3 is 2.67 bits per heavy atom. The van der Waals surface area contributed by atoms with Gasteiger partial charge in [-0.25, -0.2) is 0 Å². The Morgan fingerprint density at radius 1 is 1.39 bits per heavy atom. The molecule has 2 N–H and O–H groups in total. The Balaban J connectivity index is 1.74. The van der Waals surface area contributed by atoms with Crippen LogP contribution in [0.1, 0.15) is 28.8 Å². The first-order chi connectivity index (χ1) is 8.51. The molecule has 0 radical (unpaired) electrons. The molecule has 1 saturated carbocycles. The number of hydrogen-bond donors (Lipinski definition) is 2. The number of rotatable bonds is 2. The van der Waals surface area contributed by atoms with Crippen LogP contribution in [0.5, 0.6) is 5.75 Å². The molecule has 18 heavy (non-hydrogen) atoms. The quantitative estimate of drug-likeness (QED) is 0.828. The van der Waals surface area contributed by atoms with Crippen molar-refractivity contribution in [1.82, 2.24) is 4.90 Å². The largest absolute Gasteiger partial charge is 0.508 e. The summed E-state index contributed by atoms with van der Waals surface area (Å²) in [5.41, 5.74) is 0.470. The summed E-state index contributed by atoms with van der Waals surface area (Å²) >= 11 is 0. The Morgan fingerprint density at radius 2 is 2.06 bits per heavy atom. The zero-order chi connectivity index (χ0) is 12.9. The molecule has 2 aliphatic rings. The molecule has 0 bridgehead atoms. The highest BCUT2D eigenvalue weighted by Crippen LogP contribution is 2.44. The number of amides is 1. The Labute approximate surface area is 106 Å². The van der Waals surface area contributed by atoms with Gasteiger partial charge in [0, 0.05) is 11.1 Å². The van der Waals surface area contributed by atoms with E-state index < -0.39 is 5.60 Å². The van der Waals surface area contributed by atoms with Crippen LogP contribution in [0.15, 0.2) is 18.2 Å². The van der Waals surface area contributed by atoms with Crippen molar-refractivity contribution in [2.45, 2.75) is 25.4 Å². The SMILES string of the molecule is Cc1c(O)cccc1C(=O)N1CC(O)(C2CC2)C1. The molecule has 1 amide bonds. The van der Waals surface area contributed by atoms with Gasteiger partial charge in [-0.3, -0.25) is 4.79 Å². The third-order valence-electron chi connectivity index (χ3n) is 4.09. The van der Waals surface area contributed by atoms with Gasteiger partial charge in [-0.05, 0) is 37.8 Å². The summed E-state index contributed by atoms with van der Waals surface area (Å²) in [5.74, 6) is 0.416. The fourth-order valence-electron chi connectivity index (χ4n) is 2.66. The van der Waals surface area contributed by atoms with Gasteiger partial charge in [-0.2, -0.15) is 0 Å². The molecular weight excluding hydrogens is 230 g/mol. The van der Waals surface area contributed by atoms with Crippen molar-refractivity contribution in [1.29, 1.82) is 0 Å². The van der Waals surface area contributed by atoms with Gasteiger partial charge in [-0.15, -0.1) is 0 Å². The smallest absolute Gasteiger partial charge is 0.254 e. The first-order valence-electron chi connectivity index (χ1n) is 6.31. The van der Waals surface area contributed by atoms with Gasteiger partial charge in [0.2, 0.25) is 0 Å². The van der Waals surface area contributed by atoms with Crippen LogP contribution in [-0.2, 0) is 0 Å².